The van der Waals surface area contributed by atoms with E-state index in [1.807, 2.05) is 6.92 Å². The van der Waals surface area contributed by atoms with E-state index < -0.39 is 11.6 Å². The van der Waals surface area contributed by atoms with Gasteiger partial charge in [-0.1, -0.05) is 13.0 Å². The Bertz CT molecular complexity index is 497. The molecule has 0 amide bonds. The van der Waals surface area contributed by atoms with Crippen LogP contribution in [0.25, 0.3) is 0 Å². The van der Waals surface area contributed by atoms with Crippen LogP contribution < -0.4 is 5.32 Å². The molecule has 0 bridgehead atoms. The highest BCUT2D eigenvalue weighted by Crippen LogP contribution is 2.18. The fourth-order valence-corrected chi connectivity index (χ4v) is 1.89. The van der Waals surface area contributed by atoms with Gasteiger partial charge in [0.2, 0.25) is 0 Å². The molecule has 5 heteroatoms. The molecule has 1 unspecified atom stereocenters. The fourth-order valence-electron chi connectivity index (χ4n) is 1.89. The van der Waals surface area contributed by atoms with Crippen molar-refractivity contribution in [3.63, 3.8) is 0 Å². The molecule has 2 N–H and O–H groups in total. The minimum Gasteiger partial charge on any atom is -0.347 e. The molecule has 0 spiro atoms. The Morgan fingerprint density at radius 1 is 1.39 bits per heavy atom. The lowest BCUT2D eigenvalue weighted by atomic mass is 10.0. The number of hydrogen-bond donors (Lipinski definition) is 2. The Labute approximate surface area is 104 Å². The summed E-state index contributed by atoms with van der Waals surface area (Å²) in [4.78, 5) is 7.17. The second-order valence-corrected chi connectivity index (χ2v) is 4.02. The standard InChI is InChI=1S/C13H15F2N3/c1-2-16-12(13-17-5-6-18-13)7-9-3-4-10(14)8-11(9)15/h3-6,8,12,16H,2,7H2,1H3,(H,17,18). The number of aromatic amines is 1. The molecule has 0 aliphatic rings. The maximum atomic E-state index is 13.6. The van der Waals surface area contributed by atoms with E-state index in [0.717, 1.165) is 18.4 Å². The Kier molecular flexibility index (Phi) is 4.04. The third-order valence-electron chi connectivity index (χ3n) is 2.74. The van der Waals surface area contributed by atoms with Gasteiger partial charge in [-0.2, -0.15) is 0 Å². The molecule has 96 valence electrons. The molecule has 1 heterocycles. The van der Waals surface area contributed by atoms with Gasteiger partial charge in [0, 0.05) is 18.5 Å². The number of hydrogen-bond acceptors (Lipinski definition) is 2. The maximum Gasteiger partial charge on any atom is 0.129 e. The Morgan fingerprint density at radius 2 is 2.22 bits per heavy atom. The van der Waals surface area contributed by atoms with Crippen molar-refractivity contribution < 1.29 is 8.78 Å². The summed E-state index contributed by atoms with van der Waals surface area (Å²) in [6.45, 7) is 2.71. The van der Waals surface area contributed by atoms with Crippen LogP contribution in [-0.2, 0) is 6.42 Å². The van der Waals surface area contributed by atoms with E-state index in [2.05, 4.69) is 15.3 Å². The van der Waals surface area contributed by atoms with Crippen LogP contribution in [0.15, 0.2) is 30.6 Å². The maximum absolute atomic E-state index is 13.6. The summed E-state index contributed by atoms with van der Waals surface area (Å²) in [5.74, 6) is -0.334. The van der Waals surface area contributed by atoms with Gasteiger partial charge in [-0.25, -0.2) is 13.8 Å². The zero-order chi connectivity index (χ0) is 13.0. The first kappa shape index (κ1) is 12.7. The van der Waals surface area contributed by atoms with E-state index in [0.29, 0.717) is 12.0 Å². The summed E-state index contributed by atoms with van der Waals surface area (Å²) in [7, 11) is 0. The second-order valence-electron chi connectivity index (χ2n) is 4.02. The number of nitrogens with one attached hydrogen (secondary N) is 2. The molecule has 0 aliphatic carbocycles. The first-order chi connectivity index (χ1) is 8.70. The van der Waals surface area contributed by atoms with Crippen molar-refractivity contribution in [1.82, 2.24) is 15.3 Å². The van der Waals surface area contributed by atoms with Gasteiger partial charge in [-0.3, -0.25) is 0 Å². The predicted octanol–water partition coefficient (Wildman–Crippen LogP) is 2.58. The van der Waals surface area contributed by atoms with Gasteiger partial charge in [0.05, 0.1) is 6.04 Å². The molecule has 0 saturated heterocycles. The van der Waals surface area contributed by atoms with E-state index >= 15 is 0 Å². The van der Waals surface area contributed by atoms with Crippen molar-refractivity contribution in [3.05, 3.63) is 53.6 Å². The zero-order valence-electron chi connectivity index (χ0n) is 10.1. The van der Waals surface area contributed by atoms with Gasteiger partial charge >= 0.3 is 0 Å². The molecule has 0 aliphatic heterocycles. The summed E-state index contributed by atoms with van der Waals surface area (Å²) in [6, 6.07) is 3.53. The van der Waals surface area contributed by atoms with Crippen molar-refractivity contribution in [1.29, 1.82) is 0 Å². The van der Waals surface area contributed by atoms with Crippen molar-refractivity contribution >= 4 is 0 Å². The average molecular weight is 251 g/mol. The minimum absolute atomic E-state index is 0.107. The SMILES string of the molecule is CCNC(Cc1ccc(F)cc1F)c1ncc[nH]1. The summed E-state index contributed by atoms with van der Waals surface area (Å²) < 4.78 is 26.4. The second kappa shape index (κ2) is 5.73. The van der Waals surface area contributed by atoms with Crippen LogP contribution in [0.4, 0.5) is 8.78 Å². The van der Waals surface area contributed by atoms with E-state index in [1.54, 1.807) is 12.4 Å². The molecule has 1 aromatic carbocycles. The van der Waals surface area contributed by atoms with Gasteiger partial charge in [0.1, 0.15) is 17.5 Å². The van der Waals surface area contributed by atoms with E-state index in [4.69, 9.17) is 0 Å². The molecule has 0 radical (unpaired) electrons. The Hall–Kier alpha value is -1.75. The molecule has 0 saturated carbocycles. The number of halogens is 2. The zero-order valence-corrected chi connectivity index (χ0v) is 10.1. The van der Waals surface area contributed by atoms with E-state index in [9.17, 15) is 8.78 Å². The first-order valence-corrected chi connectivity index (χ1v) is 5.87. The third kappa shape index (κ3) is 2.92. The molecule has 18 heavy (non-hydrogen) atoms. The van der Waals surface area contributed by atoms with Crippen molar-refractivity contribution in [2.24, 2.45) is 0 Å². The van der Waals surface area contributed by atoms with Gasteiger partial charge < -0.3 is 10.3 Å². The number of imidazole rings is 1. The quantitative estimate of drug-likeness (QED) is 0.857. The van der Waals surface area contributed by atoms with Crippen LogP contribution in [-0.4, -0.2) is 16.5 Å². The number of likely N-dealkylation sites (N-methyl/N-ethyl adjacent to an activating group) is 1. The minimum atomic E-state index is -0.561. The van der Waals surface area contributed by atoms with Crippen LogP contribution in [0.5, 0.6) is 0 Å². The van der Waals surface area contributed by atoms with Crippen molar-refractivity contribution in [2.75, 3.05) is 6.54 Å². The largest absolute Gasteiger partial charge is 0.347 e. The lowest BCUT2D eigenvalue weighted by Crippen LogP contribution is -2.24. The van der Waals surface area contributed by atoms with Gasteiger partial charge in [-0.15, -0.1) is 0 Å². The van der Waals surface area contributed by atoms with Crippen LogP contribution in [0.1, 0.15) is 24.4 Å². The summed E-state index contributed by atoms with van der Waals surface area (Å²) >= 11 is 0. The van der Waals surface area contributed by atoms with E-state index in [1.165, 1.54) is 12.1 Å². The number of nitrogens with zero attached hydrogens (tertiary/aromatic N) is 1. The summed E-state index contributed by atoms with van der Waals surface area (Å²) in [5, 5.41) is 3.22. The van der Waals surface area contributed by atoms with Gasteiger partial charge in [-0.05, 0) is 24.6 Å². The highest BCUT2D eigenvalue weighted by Gasteiger charge is 2.15. The topological polar surface area (TPSA) is 40.7 Å². The number of benzene rings is 1. The molecule has 1 aromatic heterocycles. The predicted molar refractivity (Wildman–Crippen MR) is 65.1 cm³/mol. The fraction of sp³-hybridized carbons (Fsp3) is 0.308. The highest BCUT2D eigenvalue weighted by atomic mass is 19.1. The molecular formula is C13H15F2N3. The number of rotatable bonds is 5. The number of H-pyrrole nitrogens is 1. The Balaban J connectivity index is 2.18. The van der Waals surface area contributed by atoms with Gasteiger partial charge in [0.15, 0.2) is 0 Å². The highest BCUT2D eigenvalue weighted by molar-refractivity contribution is 5.20. The van der Waals surface area contributed by atoms with E-state index in [-0.39, 0.29) is 6.04 Å². The smallest absolute Gasteiger partial charge is 0.129 e. The third-order valence-corrected chi connectivity index (χ3v) is 2.74. The molecular weight excluding hydrogens is 236 g/mol. The molecule has 2 rings (SSSR count). The first-order valence-electron chi connectivity index (χ1n) is 5.87. The average Bonchev–Trinajstić information content (AvgIpc) is 2.85. The molecule has 2 aromatic rings. The van der Waals surface area contributed by atoms with Crippen LogP contribution in [0.3, 0.4) is 0 Å². The van der Waals surface area contributed by atoms with Crippen LogP contribution >= 0.6 is 0 Å². The lowest BCUT2D eigenvalue weighted by Gasteiger charge is -2.16. The molecule has 3 nitrogen and oxygen atoms in total. The van der Waals surface area contributed by atoms with Gasteiger partial charge in [0.25, 0.3) is 0 Å². The van der Waals surface area contributed by atoms with Crippen LogP contribution in [0, 0.1) is 11.6 Å². The van der Waals surface area contributed by atoms with Crippen molar-refractivity contribution in [2.45, 2.75) is 19.4 Å². The molecule has 1 atom stereocenters. The monoisotopic (exact) mass is 251 g/mol. The number of aromatic nitrogens is 2. The summed E-state index contributed by atoms with van der Waals surface area (Å²) in [6.07, 6.45) is 3.80. The Morgan fingerprint density at radius 3 is 2.83 bits per heavy atom. The normalized spacial score (nSPS) is 12.6. The van der Waals surface area contributed by atoms with Crippen molar-refractivity contribution in [3.8, 4) is 0 Å². The lowest BCUT2D eigenvalue weighted by molar-refractivity contribution is 0.505. The molecule has 0 fully saturated rings. The summed E-state index contributed by atoms with van der Waals surface area (Å²) in [5.41, 5.74) is 0.471. The van der Waals surface area contributed by atoms with Crippen LogP contribution in [0.2, 0.25) is 0 Å².